The van der Waals surface area contributed by atoms with Gasteiger partial charge in [-0.3, -0.25) is 4.79 Å². The summed E-state index contributed by atoms with van der Waals surface area (Å²) in [4.78, 5) is 24.1. The first-order valence-corrected chi connectivity index (χ1v) is 7.72. The molecule has 3 rings (SSSR count). The highest BCUT2D eigenvalue weighted by atomic mass is 16.5. The number of anilines is 2. The van der Waals surface area contributed by atoms with Gasteiger partial charge in [-0.2, -0.15) is 5.26 Å². The second kappa shape index (κ2) is 5.67. The van der Waals surface area contributed by atoms with E-state index in [1.807, 2.05) is 32.0 Å². The molecular formula is C18H18N4O3. The average Bonchev–Trinajstić information content (AvgIpc) is 2.89. The molecule has 25 heavy (non-hydrogen) atoms. The van der Waals surface area contributed by atoms with Crippen LogP contribution in [0.15, 0.2) is 24.4 Å². The van der Waals surface area contributed by atoms with Crippen molar-refractivity contribution >= 4 is 23.3 Å². The fourth-order valence-electron chi connectivity index (χ4n) is 3.18. The predicted octanol–water partition coefficient (Wildman–Crippen LogP) is 2.34. The van der Waals surface area contributed by atoms with Gasteiger partial charge in [-0.05, 0) is 17.7 Å². The Kier molecular flexibility index (Phi) is 3.76. The molecule has 3 N–H and O–H groups in total. The van der Waals surface area contributed by atoms with E-state index >= 15 is 0 Å². The molecule has 0 bridgehead atoms. The molecule has 2 heterocycles. The van der Waals surface area contributed by atoms with Crippen LogP contribution in [0.1, 0.15) is 41.9 Å². The number of carbonyl (C=O) groups is 2. The lowest BCUT2D eigenvalue weighted by Gasteiger charge is -2.32. The van der Waals surface area contributed by atoms with E-state index in [-0.39, 0.29) is 28.3 Å². The molecule has 0 radical (unpaired) electrons. The van der Waals surface area contributed by atoms with E-state index < -0.39 is 5.97 Å². The van der Waals surface area contributed by atoms with Gasteiger partial charge in [0.15, 0.2) is 5.69 Å². The number of nitrogens with one attached hydrogen (secondary N) is 1. The maximum absolute atomic E-state index is 12.1. The number of rotatable bonds is 2. The number of fused-ring (bicyclic) bond motifs is 1. The summed E-state index contributed by atoms with van der Waals surface area (Å²) in [5.41, 5.74) is 8.26. The number of nitrogen functional groups attached to an aromatic ring is 1. The van der Waals surface area contributed by atoms with E-state index in [0.717, 1.165) is 5.56 Å². The number of nitrogens with two attached hydrogens (primary N) is 1. The third-order valence-electron chi connectivity index (χ3n) is 4.43. The lowest BCUT2D eigenvalue weighted by Crippen LogP contribution is -2.32. The van der Waals surface area contributed by atoms with Crippen LogP contribution in [0, 0.1) is 11.3 Å². The van der Waals surface area contributed by atoms with Gasteiger partial charge >= 0.3 is 5.97 Å². The van der Waals surface area contributed by atoms with Crippen LogP contribution in [-0.2, 0) is 14.9 Å². The number of nitriles is 1. The van der Waals surface area contributed by atoms with E-state index in [1.54, 1.807) is 6.07 Å². The molecule has 0 aliphatic carbocycles. The Labute approximate surface area is 145 Å². The molecule has 0 fully saturated rings. The molecular weight excluding hydrogens is 320 g/mol. The quantitative estimate of drug-likeness (QED) is 0.817. The zero-order valence-corrected chi connectivity index (χ0v) is 14.2. The van der Waals surface area contributed by atoms with Gasteiger partial charge < -0.3 is 20.4 Å². The number of hydrogen-bond acceptors (Lipinski definition) is 5. The lowest BCUT2D eigenvalue weighted by molar-refractivity contribution is -0.117. The van der Waals surface area contributed by atoms with Gasteiger partial charge in [0.2, 0.25) is 5.91 Å². The van der Waals surface area contributed by atoms with Gasteiger partial charge in [0.05, 0.1) is 18.4 Å². The summed E-state index contributed by atoms with van der Waals surface area (Å²) in [7, 11) is 1.25. The summed E-state index contributed by atoms with van der Waals surface area (Å²) >= 11 is 0. The number of benzene rings is 1. The maximum atomic E-state index is 12.1. The molecule has 1 amide bonds. The number of nitrogens with zero attached hydrogens (tertiary/aromatic N) is 2. The molecule has 7 heteroatoms. The predicted molar refractivity (Wildman–Crippen MR) is 92.5 cm³/mol. The monoisotopic (exact) mass is 338 g/mol. The largest absolute Gasteiger partial charge is 0.464 e. The van der Waals surface area contributed by atoms with Gasteiger partial charge in [0, 0.05) is 29.4 Å². The van der Waals surface area contributed by atoms with Crippen LogP contribution in [-0.4, -0.2) is 23.6 Å². The first-order valence-electron chi connectivity index (χ1n) is 7.72. The fraction of sp³-hybridized carbons (Fsp3) is 0.278. The highest BCUT2D eigenvalue weighted by molar-refractivity contribution is 5.97. The summed E-state index contributed by atoms with van der Waals surface area (Å²) in [5.74, 6) is -0.700. The third kappa shape index (κ3) is 2.62. The smallest absolute Gasteiger partial charge is 0.357 e. The zero-order valence-electron chi connectivity index (χ0n) is 14.2. The number of carbonyl (C=O) groups excluding carboxylic acids is 2. The topological polar surface area (TPSA) is 110 Å². The lowest BCUT2D eigenvalue weighted by atomic mass is 9.78. The van der Waals surface area contributed by atoms with Gasteiger partial charge in [-0.1, -0.05) is 19.9 Å². The Balaban J connectivity index is 2.19. The van der Waals surface area contributed by atoms with Crippen molar-refractivity contribution in [2.24, 2.45) is 0 Å². The van der Waals surface area contributed by atoms with Crippen LogP contribution in [0.5, 0.6) is 0 Å². The van der Waals surface area contributed by atoms with Crippen LogP contribution in [0.4, 0.5) is 11.4 Å². The van der Waals surface area contributed by atoms with E-state index in [2.05, 4.69) is 5.32 Å². The van der Waals surface area contributed by atoms with E-state index in [4.69, 9.17) is 10.5 Å². The summed E-state index contributed by atoms with van der Waals surface area (Å²) in [5, 5.41) is 12.1. The molecule has 1 aliphatic heterocycles. The maximum Gasteiger partial charge on any atom is 0.357 e. The van der Waals surface area contributed by atoms with Crippen LogP contribution >= 0.6 is 0 Å². The number of aromatic nitrogens is 1. The Morgan fingerprint density at radius 1 is 1.44 bits per heavy atom. The molecule has 2 aromatic rings. The van der Waals surface area contributed by atoms with Crippen molar-refractivity contribution in [1.29, 1.82) is 5.26 Å². The summed E-state index contributed by atoms with van der Waals surface area (Å²) in [6, 6.07) is 7.46. The Bertz CT molecular complexity index is 935. The minimum absolute atomic E-state index is 0.0624. The highest BCUT2D eigenvalue weighted by Gasteiger charge is 2.32. The molecule has 1 aliphatic rings. The van der Waals surface area contributed by atoms with Gasteiger partial charge in [0.25, 0.3) is 0 Å². The van der Waals surface area contributed by atoms with Crippen LogP contribution < -0.4 is 11.1 Å². The molecule has 0 saturated carbocycles. The van der Waals surface area contributed by atoms with Crippen molar-refractivity contribution in [3.63, 3.8) is 0 Å². The fourth-order valence-corrected chi connectivity index (χ4v) is 3.18. The van der Waals surface area contributed by atoms with E-state index in [1.165, 1.54) is 17.9 Å². The Morgan fingerprint density at radius 3 is 2.80 bits per heavy atom. The van der Waals surface area contributed by atoms with Crippen molar-refractivity contribution in [3.05, 3.63) is 41.2 Å². The molecule has 7 nitrogen and oxygen atoms in total. The first-order chi connectivity index (χ1) is 11.8. The first kappa shape index (κ1) is 16.6. The van der Waals surface area contributed by atoms with Gasteiger partial charge in [-0.15, -0.1) is 0 Å². The number of hydrogen-bond donors (Lipinski definition) is 2. The minimum atomic E-state index is -0.638. The normalized spacial score (nSPS) is 15.0. The molecule has 128 valence electrons. The third-order valence-corrected chi connectivity index (χ3v) is 4.43. The Morgan fingerprint density at radius 2 is 2.16 bits per heavy atom. The summed E-state index contributed by atoms with van der Waals surface area (Å²) in [6.07, 6.45) is 1.89. The average molecular weight is 338 g/mol. The second-order valence-corrected chi connectivity index (χ2v) is 6.62. The molecule has 0 atom stereocenters. The summed E-state index contributed by atoms with van der Waals surface area (Å²) < 4.78 is 6.29. The van der Waals surface area contributed by atoms with Crippen LogP contribution in [0.25, 0.3) is 5.69 Å². The molecule has 0 unspecified atom stereocenters. The molecule has 1 aromatic carbocycles. The van der Waals surface area contributed by atoms with Gasteiger partial charge in [0.1, 0.15) is 6.07 Å². The van der Waals surface area contributed by atoms with E-state index in [9.17, 15) is 14.9 Å². The van der Waals surface area contributed by atoms with E-state index in [0.29, 0.717) is 17.8 Å². The molecule has 1 aromatic heterocycles. The van der Waals surface area contributed by atoms with Gasteiger partial charge in [-0.25, -0.2) is 4.79 Å². The van der Waals surface area contributed by atoms with Crippen molar-refractivity contribution in [2.45, 2.75) is 25.7 Å². The number of ether oxygens (including phenoxy) is 1. The summed E-state index contributed by atoms with van der Waals surface area (Å²) in [6.45, 7) is 4.01. The Hall–Kier alpha value is -3.27. The van der Waals surface area contributed by atoms with Crippen molar-refractivity contribution in [2.75, 3.05) is 18.2 Å². The van der Waals surface area contributed by atoms with Crippen LogP contribution in [0.2, 0.25) is 0 Å². The minimum Gasteiger partial charge on any atom is -0.464 e. The standard InChI is InChI=1S/C18H18N4O3/c1-18(2)7-14(23)21-13-6-11(4-5-12(13)18)22-9-10(8-19)15(20)16(22)17(24)25-3/h4-6,9H,7,20H2,1-3H3,(H,21,23). The number of amides is 1. The highest BCUT2D eigenvalue weighted by Crippen LogP contribution is 2.38. The number of esters is 1. The van der Waals surface area contributed by atoms with Crippen molar-refractivity contribution in [1.82, 2.24) is 4.57 Å². The number of methoxy groups -OCH3 is 1. The van der Waals surface area contributed by atoms with Crippen molar-refractivity contribution in [3.8, 4) is 11.8 Å². The second-order valence-electron chi connectivity index (χ2n) is 6.62. The van der Waals surface area contributed by atoms with Crippen LogP contribution in [0.3, 0.4) is 0 Å². The molecule has 0 saturated heterocycles. The zero-order chi connectivity index (χ0) is 18.4. The molecule has 0 spiro atoms. The van der Waals surface area contributed by atoms with Crippen molar-refractivity contribution < 1.29 is 14.3 Å². The SMILES string of the molecule is COC(=O)c1c(N)c(C#N)cn1-c1ccc2c(c1)NC(=O)CC2(C)C.